The first-order valence-electron chi connectivity index (χ1n) is 31.9. The first-order valence-corrected chi connectivity index (χ1v) is 31.9. The van der Waals surface area contributed by atoms with Crippen molar-refractivity contribution >= 4 is 47.4 Å². The van der Waals surface area contributed by atoms with E-state index in [1.807, 2.05) is 65.5 Å². The average molecular weight is 1340 g/mol. The van der Waals surface area contributed by atoms with E-state index >= 15 is 0 Å². The Balaban J connectivity index is 0.0000144. The number of carbonyl (C=O) groups excluding carboxylic acids is 8. The molecule has 544 valence electrons. The normalized spacial score (nSPS) is 25.4. The lowest BCUT2D eigenvalue weighted by Gasteiger charge is -2.50. The molecule has 94 heavy (non-hydrogen) atoms. The Bertz CT molecular complexity index is 2540. The molecular weight excluding hydrogens is 1210 g/mol. The van der Waals surface area contributed by atoms with Crippen molar-refractivity contribution in [1.29, 1.82) is 0 Å². The van der Waals surface area contributed by atoms with Crippen molar-refractivity contribution in [2.45, 2.75) is 259 Å². The molecule has 5 aliphatic rings. The number of benzene rings is 1. The van der Waals surface area contributed by atoms with E-state index < -0.39 is 109 Å². The van der Waals surface area contributed by atoms with Crippen LogP contribution in [0.15, 0.2) is 18.2 Å². The molecule has 2 heterocycles. The summed E-state index contributed by atoms with van der Waals surface area (Å²) in [6.45, 7) is 22.1. The number of carbonyl (C=O) groups is 8. The van der Waals surface area contributed by atoms with E-state index in [-0.39, 0.29) is 145 Å². The van der Waals surface area contributed by atoms with Crippen LogP contribution in [0.25, 0.3) is 0 Å². The predicted octanol–water partition coefficient (Wildman–Crippen LogP) is 10.7. The van der Waals surface area contributed by atoms with Gasteiger partial charge < -0.3 is 68.4 Å². The Labute approximate surface area is 564 Å². The molecule has 1 aromatic rings. The maximum atomic E-state index is 14.0. The van der Waals surface area contributed by atoms with Crippen molar-refractivity contribution < 1.29 is 90.8 Å². The number of likely N-dealkylation sites (N-methyl/N-ethyl adjacent to an activating group) is 1. The number of hydrogen-bond acceptors (Lipinski definition) is 20. The van der Waals surface area contributed by atoms with Crippen molar-refractivity contribution in [2.24, 2.45) is 46.3 Å². The maximum Gasteiger partial charge on any atom is 0.331 e. The molecule has 23 heteroatoms. The summed E-state index contributed by atoms with van der Waals surface area (Å²) in [7, 11) is 1.81. The van der Waals surface area contributed by atoms with Crippen molar-refractivity contribution in [3.8, 4) is 5.75 Å². The summed E-state index contributed by atoms with van der Waals surface area (Å²) < 4.78 is 61.4. The molecule has 2 saturated heterocycles. The lowest BCUT2D eigenvalue weighted by molar-refractivity contribution is -0.474. The van der Waals surface area contributed by atoms with Gasteiger partial charge in [-0.15, -0.1) is 0 Å². The number of Topliss-reactive ketones (excluding diaryl/α,β-unsaturated/α-hetero) is 1. The van der Waals surface area contributed by atoms with Gasteiger partial charge in [0.15, 0.2) is 0 Å². The van der Waals surface area contributed by atoms with Crippen LogP contribution in [-0.2, 0) is 92.1 Å². The summed E-state index contributed by atoms with van der Waals surface area (Å²) in [5, 5.41) is 17.8. The molecule has 0 bridgehead atoms. The number of nitrogens with zero attached hydrogens (tertiary/aromatic N) is 1. The van der Waals surface area contributed by atoms with Crippen molar-refractivity contribution in [3.05, 3.63) is 29.3 Å². The molecule has 3 amide bonds. The van der Waals surface area contributed by atoms with Gasteiger partial charge in [-0.3, -0.25) is 28.9 Å². The highest BCUT2D eigenvalue weighted by Crippen LogP contribution is 2.62. The molecule has 9 atom stereocenters. The summed E-state index contributed by atoms with van der Waals surface area (Å²) in [5.41, 5.74) is 2.07. The molecule has 1 aromatic carbocycles. The molecular formula is C71H126N4O19. The third kappa shape index (κ3) is 25.6. The zero-order chi connectivity index (χ0) is 64.7. The van der Waals surface area contributed by atoms with E-state index in [4.69, 9.17) is 47.4 Å². The van der Waals surface area contributed by atoms with Crippen LogP contribution in [0.3, 0.4) is 0 Å². The van der Waals surface area contributed by atoms with Gasteiger partial charge in [-0.1, -0.05) is 127 Å². The minimum absolute atomic E-state index is 0. The second kappa shape index (κ2) is 39.8. The van der Waals surface area contributed by atoms with Gasteiger partial charge in [0, 0.05) is 19.4 Å². The molecule has 1 spiro atoms. The van der Waals surface area contributed by atoms with Gasteiger partial charge in [0.2, 0.25) is 24.5 Å². The van der Waals surface area contributed by atoms with Gasteiger partial charge in [-0.2, -0.15) is 0 Å². The van der Waals surface area contributed by atoms with E-state index in [0.29, 0.717) is 42.4 Å². The van der Waals surface area contributed by atoms with Crippen LogP contribution in [0, 0.1) is 46.3 Å². The number of hydrogen-bond donors (Lipinski definition) is 4. The van der Waals surface area contributed by atoms with Crippen LogP contribution in [-0.4, -0.2) is 166 Å². The molecule has 9 unspecified atom stereocenters. The first kappa shape index (κ1) is 88.7. The van der Waals surface area contributed by atoms with Crippen LogP contribution in [0.5, 0.6) is 5.75 Å². The number of phenolic OH excluding ortho intramolecular Hbond substituents is 1. The van der Waals surface area contributed by atoms with Crippen molar-refractivity contribution in [3.63, 3.8) is 0 Å². The van der Waals surface area contributed by atoms with Crippen LogP contribution in [0.1, 0.15) is 222 Å². The highest BCUT2D eigenvalue weighted by Gasteiger charge is 2.57. The van der Waals surface area contributed by atoms with Crippen LogP contribution >= 0.6 is 0 Å². The highest BCUT2D eigenvalue weighted by atomic mass is 16.9. The van der Waals surface area contributed by atoms with Gasteiger partial charge in [0.1, 0.15) is 55.4 Å². The number of ether oxygens (including phenoxy) is 10. The van der Waals surface area contributed by atoms with Gasteiger partial charge in [0.05, 0.1) is 50.9 Å². The topological polar surface area (TPSA) is 288 Å². The molecule has 2 saturated carbocycles. The smallest absolute Gasteiger partial charge is 0.331 e. The minimum Gasteiger partial charge on any atom is -0.508 e. The fourth-order valence-electron chi connectivity index (χ4n) is 13.3. The van der Waals surface area contributed by atoms with E-state index in [1.54, 1.807) is 27.8 Å². The van der Waals surface area contributed by atoms with E-state index in [2.05, 4.69) is 28.9 Å². The van der Waals surface area contributed by atoms with Crippen LogP contribution in [0.2, 0.25) is 0 Å². The monoisotopic (exact) mass is 1340 g/mol. The van der Waals surface area contributed by atoms with Gasteiger partial charge in [0.25, 0.3) is 11.9 Å². The van der Waals surface area contributed by atoms with Crippen LogP contribution < -0.4 is 16.0 Å². The SMILES string of the molecule is C.C.C.C.C.C.CCC1(OC(COC(=O)CN(C)CC(C)C)COC(=O)C(CC(C)C)NC(=O)CC(=O)NC(CC(C)C)C(=O)OCOC(=O)C(CC(C)C)NC(=O)CC(C)=O)OCC2(CO1)COC(CC)(OC1CC3C4CCc5cc(O)ccc5C4CCC3(C)C1)OC2. The number of aryl methyl sites for hydroxylation is 1. The lowest BCUT2D eigenvalue weighted by Crippen LogP contribution is -2.61. The zero-order valence-electron chi connectivity index (χ0n) is 54.5. The van der Waals surface area contributed by atoms with Crippen LogP contribution in [0.4, 0.5) is 0 Å². The maximum absolute atomic E-state index is 14.0. The molecule has 2 aliphatic heterocycles. The molecule has 0 aromatic heterocycles. The van der Waals surface area contributed by atoms with Gasteiger partial charge in [-0.25, -0.2) is 14.4 Å². The summed E-state index contributed by atoms with van der Waals surface area (Å²) in [6.07, 6.45) is 4.77. The fourth-order valence-corrected chi connectivity index (χ4v) is 13.3. The van der Waals surface area contributed by atoms with E-state index in [9.17, 15) is 43.5 Å². The summed E-state index contributed by atoms with van der Waals surface area (Å²) in [4.78, 5) is 106. The Morgan fingerprint density at radius 3 is 1.61 bits per heavy atom. The zero-order valence-corrected chi connectivity index (χ0v) is 54.5. The predicted molar refractivity (Wildman–Crippen MR) is 361 cm³/mol. The summed E-state index contributed by atoms with van der Waals surface area (Å²) in [5.74, 6) is -7.09. The third-order valence-electron chi connectivity index (χ3n) is 17.4. The Kier molecular flexibility index (Phi) is 37.6. The largest absolute Gasteiger partial charge is 0.508 e. The number of fused-ring (bicyclic) bond motifs is 5. The molecule has 6 rings (SSSR count). The Morgan fingerprint density at radius 2 is 1.13 bits per heavy atom. The van der Waals surface area contributed by atoms with E-state index in [1.165, 1.54) is 18.1 Å². The second-order valence-electron chi connectivity index (χ2n) is 27.4. The van der Waals surface area contributed by atoms with Crippen molar-refractivity contribution in [1.82, 2.24) is 20.9 Å². The van der Waals surface area contributed by atoms with Gasteiger partial charge >= 0.3 is 23.9 Å². The third-order valence-corrected chi connectivity index (χ3v) is 17.4. The second-order valence-corrected chi connectivity index (χ2v) is 27.4. The average Bonchev–Trinajstić information content (AvgIpc) is 1.55. The quantitative estimate of drug-likeness (QED) is 0.0226. The molecule has 0 radical (unpaired) electrons. The summed E-state index contributed by atoms with van der Waals surface area (Å²) >= 11 is 0. The number of rotatable bonds is 32. The molecule has 23 nitrogen and oxygen atoms in total. The molecule has 4 fully saturated rings. The fraction of sp³-hybridized carbons (Fsp3) is 0.803. The summed E-state index contributed by atoms with van der Waals surface area (Å²) in [6, 6.07) is 2.29. The number of esters is 4. The highest BCUT2D eigenvalue weighted by molar-refractivity contribution is 6.00. The van der Waals surface area contributed by atoms with Crippen molar-refractivity contribution in [2.75, 3.05) is 66.6 Å². The first-order chi connectivity index (χ1) is 41.5. The number of ketones is 1. The lowest BCUT2D eigenvalue weighted by atomic mass is 9.56. The number of aromatic hydroxyl groups is 1. The van der Waals surface area contributed by atoms with E-state index in [0.717, 1.165) is 38.5 Å². The van der Waals surface area contributed by atoms with Gasteiger partial charge in [-0.05, 0) is 142 Å². The number of phenols is 1. The number of amides is 3. The Morgan fingerprint density at radius 1 is 0.649 bits per heavy atom. The standard InChI is InChI=1S/C65H102N4O19.6CH4/c1-14-64(87-46-27-51-50-18-16-44-26-45(71)17-19-48(44)49(50)20-21-62(51,12)29-46)83-34-63(35-84-64)36-85-65(15-2,86-37-63)88-47(32-79-58(75)31-69(13)30-42(9)10)33-80-59(76)52(22-39(3)4)67-56(73)28-57(74)68-54(24-41(7)8)61(78)82-38-81-60(77)53(23-40(5)6)66-55(72)25-43(11)70;;;;;;/h17,19,26,39-42,46-47,49-54,71H,14-16,18,20-25,27-38H2,1-13H3,(H,66,72)(H,67,73)(H,68,74);6*1H4. The number of nitrogens with one attached hydrogen (secondary N) is 3. The minimum atomic E-state index is -1.66. The molecule has 3 aliphatic carbocycles. The Hall–Kier alpha value is -5.30. The molecule has 4 N–H and O–H groups in total.